The van der Waals surface area contributed by atoms with Gasteiger partial charge in [0.2, 0.25) is 0 Å². The molecule has 1 saturated carbocycles. The van der Waals surface area contributed by atoms with Crippen LogP contribution in [0.15, 0.2) is 28.7 Å². The van der Waals surface area contributed by atoms with E-state index in [1.807, 2.05) is 0 Å². The molecule has 0 spiro atoms. The van der Waals surface area contributed by atoms with E-state index in [1.165, 1.54) is 42.1 Å². The van der Waals surface area contributed by atoms with Gasteiger partial charge in [0.15, 0.2) is 0 Å². The Kier molecular flexibility index (Phi) is 4.42. The number of hydrogen-bond acceptors (Lipinski definition) is 1. The van der Waals surface area contributed by atoms with Crippen LogP contribution in [0, 0.1) is 5.92 Å². The Morgan fingerprint density at radius 1 is 1.25 bits per heavy atom. The molecule has 1 N–H and O–H groups in total. The maximum atomic E-state index is 3.56. The molecule has 1 aliphatic rings. The zero-order valence-electron chi connectivity index (χ0n) is 9.88. The fraction of sp³-hybridized carbons (Fsp3) is 0.571. The molecule has 88 valence electrons. The molecule has 0 saturated heterocycles. The van der Waals surface area contributed by atoms with Crippen LogP contribution in [0.4, 0.5) is 0 Å². The average molecular weight is 282 g/mol. The Labute approximate surface area is 107 Å². The topological polar surface area (TPSA) is 12.0 Å². The minimum atomic E-state index is 0.526. The van der Waals surface area contributed by atoms with Gasteiger partial charge in [0.25, 0.3) is 0 Å². The first-order chi connectivity index (χ1) is 7.81. The molecule has 2 heteroatoms. The normalized spacial score (nSPS) is 19.6. The second-order valence-electron chi connectivity index (χ2n) is 4.72. The van der Waals surface area contributed by atoms with Crippen molar-refractivity contribution in [1.82, 2.24) is 5.32 Å². The lowest BCUT2D eigenvalue weighted by atomic mass is 9.81. The van der Waals surface area contributed by atoms with Gasteiger partial charge >= 0.3 is 0 Å². The number of benzene rings is 1. The molecule has 0 aromatic heterocycles. The van der Waals surface area contributed by atoms with E-state index in [-0.39, 0.29) is 0 Å². The van der Waals surface area contributed by atoms with Crippen molar-refractivity contribution < 1.29 is 0 Å². The largest absolute Gasteiger partial charge is 0.313 e. The van der Waals surface area contributed by atoms with Crippen molar-refractivity contribution in [3.05, 3.63) is 34.3 Å². The van der Waals surface area contributed by atoms with Gasteiger partial charge in [-0.25, -0.2) is 0 Å². The van der Waals surface area contributed by atoms with Gasteiger partial charge in [0.1, 0.15) is 0 Å². The fourth-order valence-corrected chi connectivity index (χ4v) is 3.26. The molecule has 0 amide bonds. The molecule has 1 aromatic carbocycles. The van der Waals surface area contributed by atoms with Crippen molar-refractivity contribution in [2.75, 3.05) is 7.05 Å². The van der Waals surface area contributed by atoms with E-state index in [4.69, 9.17) is 0 Å². The quantitative estimate of drug-likeness (QED) is 0.872. The van der Waals surface area contributed by atoms with Gasteiger partial charge in [-0.2, -0.15) is 0 Å². The Balaban J connectivity index is 2.14. The number of nitrogens with one attached hydrogen (secondary N) is 1. The van der Waals surface area contributed by atoms with Gasteiger partial charge < -0.3 is 5.32 Å². The molecule has 0 aliphatic heterocycles. The highest BCUT2D eigenvalue weighted by molar-refractivity contribution is 9.10. The smallest absolute Gasteiger partial charge is 0.0346 e. The van der Waals surface area contributed by atoms with Crippen LogP contribution in [0.25, 0.3) is 0 Å². The highest BCUT2D eigenvalue weighted by atomic mass is 79.9. The van der Waals surface area contributed by atoms with Gasteiger partial charge in [-0.05, 0) is 43.5 Å². The summed E-state index contributed by atoms with van der Waals surface area (Å²) in [7, 11) is 2.08. The van der Waals surface area contributed by atoms with Gasteiger partial charge in [-0.15, -0.1) is 0 Å². The molecule has 1 aliphatic carbocycles. The summed E-state index contributed by atoms with van der Waals surface area (Å²) in [6.07, 6.45) is 6.97. The van der Waals surface area contributed by atoms with E-state index in [9.17, 15) is 0 Å². The van der Waals surface area contributed by atoms with Gasteiger partial charge in [-0.1, -0.05) is 47.3 Å². The monoisotopic (exact) mass is 281 g/mol. The molecule has 2 rings (SSSR count). The van der Waals surface area contributed by atoms with Crippen molar-refractivity contribution >= 4 is 15.9 Å². The van der Waals surface area contributed by atoms with Crippen LogP contribution in [0.3, 0.4) is 0 Å². The van der Waals surface area contributed by atoms with Crippen molar-refractivity contribution in [3.63, 3.8) is 0 Å². The SMILES string of the molecule is CNC(c1cccc(Br)c1)C1CCCCC1. The third kappa shape index (κ3) is 2.86. The molecule has 1 nitrogen and oxygen atoms in total. The first-order valence-electron chi connectivity index (χ1n) is 6.24. The van der Waals surface area contributed by atoms with Crippen LogP contribution in [0.1, 0.15) is 43.7 Å². The maximum Gasteiger partial charge on any atom is 0.0346 e. The summed E-state index contributed by atoms with van der Waals surface area (Å²) >= 11 is 3.56. The molecule has 1 aromatic rings. The summed E-state index contributed by atoms with van der Waals surface area (Å²) in [4.78, 5) is 0. The van der Waals surface area contributed by atoms with E-state index in [0.29, 0.717) is 6.04 Å². The van der Waals surface area contributed by atoms with Gasteiger partial charge in [-0.3, -0.25) is 0 Å². The zero-order chi connectivity index (χ0) is 11.4. The minimum Gasteiger partial charge on any atom is -0.313 e. The van der Waals surface area contributed by atoms with Crippen molar-refractivity contribution in [3.8, 4) is 0 Å². The summed E-state index contributed by atoms with van der Waals surface area (Å²) in [5.74, 6) is 0.813. The van der Waals surface area contributed by atoms with Crippen molar-refractivity contribution in [2.45, 2.75) is 38.1 Å². The lowest BCUT2D eigenvalue weighted by molar-refractivity contribution is 0.281. The summed E-state index contributed by atoms with van der Waals surface area (Å²) in [6.45, 7) is 0. The highest BCUT2D eigenvalue weighted by Crippen LogP contribution is 2.34. The van der Waals surface area contributed by atoms with Crippen molar-refractivity contribution in [2.24, 2.45) is 5.92 Å². The van der Waals surface area contributed by atoms with Crippen LogP contribution < -0.4 is 5.32 Å². The molecule has 0 heterocycles. The van der Waals surface area contributed by atoms with E-state index >= 15 is 0 Å². The number of hydrogen-bond donors (Lipinski definition) is 1. The lowest BCUT2D eigenvalue weighted by Crippen LogP contribution is -2.26. The molecule has 1 unspecified atom stereocenters. The number of halogens is 1. The van der Waals surface area contributed by atoms with E-state index in [1.54, 1.807) is 0 Å². The predicted molar refractivity (Wildman–Crippen MR) is 72.5 cm³/mol. The van der Waals surface area contributed by atoms with E-state index in [0.717, 1.165) is 5.92 Å². The van der Waals surface area contributed by atoms with Crippen LogP contribution in [0.2, 0.25) is 0 Å². The summed E-state index contributed by atoms with van der Waals surface area (Å²) in [5, 5.41) is 3.49. The first kappa shape index (κ1) is 12.1. The Morgan fingerprint density at radius 3 is 2.62 bits per heavy atom. The molecule has 1 fully saturated rings. The van der Waals surface area contributed by atoms with Crippen LogP contribution in [-0.4, -0.2) is 7.05 Å². The average Bonchev–Trinajstić information content (AvgIpc) is 2.31. The van der Waals surface area contributed by atoms with Gasteiger partial charge in [0, 0.05) is 10.5 Å². The number of rotatable bonds is 3. The minimum absolute atomic E-state index is 0.526. The molecule has 0 bridgehead atoms. The summed E-state index contributed by atoms with van der Waals surface area (Å²) < 4.78 is 1.18. The summed E-state index contributed by atoms with van der Waals surface area (Å²) in [6, 6.07) is 9.23. The standard InChI is InChI=1S/C14H20BrN/c1-16-14(11-6-3-2-4-7-11)12-8-5-9-13(15)10-12/h5,8-11,14,16H,2-4,6-7H2,1H3. The third-order valence-corrected chi connectivity index (χ3v) is 4.13. The van der Waals surface area contributed by atoms with Gasteiger partial charge in [0.05, 0.1) is 0 Å². The van der Waals surface area contributed by atoms with E-state index < -0.39 is 0 Å². The molecule has 0 radical (unpaired) electrons. The fourth-order valence-electron chi connectivity index (χ4n) is 2.84. The van der Waals surface area contributed by atoms with Crippen LogP contribution in [-0.2, 0) is 0 Å². The molecule has 16 heavy (non-hydrogen) atoms. The Bertz CT molecular complexity index is 331. The van der Waals surface area contributed by atoms with Crippen LogP contribution in [0.5, 0.6) is 0 Å². The third-order valence-electron chi connectivity index (χ3n) is 3.64. The van der Waals surface area contributed by atoms with E-state index in [2.05, 4.69) is 52.6 Å². The second kappa shape index (κ2) is 5.83. The summed E-state index contributed by atoms with van der Waals surface area (Å²) in [5.41, 5.74) is 1.42. The van der Waals surface area contributed by atoms with Crippen LogP contribution >= 0.6 is 15.9 Å². The maximum absolute atomic E-state index is 3.56. The second-order valence-corrected chi connectivity index (χ2v) is 5.64. The molecular formula is C14H20BrN. The Hall–Kier alpha value is -0.340. The highest BCUT2D eigenvalue weighted by Gasteiger charge is 2.23. The molecule has 1 atom stereocenters. The van der Waals surface area contributed by atoms with Crippen molar-refractivity contribution in [1.29, 1.82) is 0 Å². The Morgan fingerprint density at radius 2 is 2.00 bits per heavy atom. The zero-order valence-corrected chi connectivity index (χ0v) is 11.5. The lowest BCUT2D eigenvalue weighted by Gasteiger charge is -2.30. The first-order valence-corrected chi connectivity index (χ1v) is 7.03. The molecular weight excluding hydrogens is 262 g/mol. The predicted octanol–water partition coefficient (Wildman–Crippen LogP) is 4.29.